The summed E-state index contributed by atoms with van der Waals surface area (Å²) < 4.78 is 0. The van der Waals surface area contributed by atoms with Gasteiger partial charge >= 0.3 is 0 Å². The minimum Gasteiger partial charge on any atom is -0.242 e. The van der Waals surface area contributed by atoms with E-state index in [1.54, 1.807) is 6.07 Å². The molecule has 0 saturated carbocycles. The zero-order chi connectivity index (χ0) is 11.4. The molecular weight excluding hydrogens is 184 g/mol. The Labute approximate surface area is 92.0 Å². The molecule has 0 aromatic carbocycles. The van der Waals surface area contributed by atoms with Crippen molar-refractivity contribution in [3.63, 3.8) is 0 Å². The minimum absolute atomic E-state index is 0.429. The molecule has 1 aromatic rings. The number of hydrogen-bond donors (Lipinski definition) is 0. The molecule has 0 spiro atoms. The third-order valence-electron chi connectivity index (χ3n) is 2.66. The zero-order valence-corrected chi connectivity index (χ0v) is 9.86. The van der Waals surface area contributed by atoms with Gasteiger partial charge in [-0.1, -0.05) is 33.8 Å². The van der Waals surface area contributed by atoms with Crippen LogP contribution in [0.5, 0.6) is 0 Å². The van der Waals surface area contributed by atoms with Crippen molar-refractivity contribution in [2.45, 2.75) is 33.6 Å². The topological polar surface area (TPSA) is 36.7 Å². The maximum absolute atomic E-state index is 8.81. The normalized spacial score (nSPS) is 11.1. The van der Waals surface area contributed by atoms with E-state index in [4.69, 9.17) is 5.26 Å². The van der Waals surface area contributed by atoms with Gasteiger partial charge in [-0.05, 0) is 24.0 Å². The van der Waals surface area contributed by atoms with Crippen LogP contribution in [0, 0.1) is 23.2 Å². The first kappa shape index (κ1) is 11.7. The van der Waals surface area contributed by atoms with E-state index in [-0.39, 0.29) is 0 Å². The maximum Gasteiger partial charge on any atom is 0.140 e. The smallest absolute Gasteiger partial charge is 0.140 e. The van der Waals surface area contributed by atoms with Gasteiger partial charge in [0.15, 0.2) is 0 Å². The largest absolute Gasteiger partial charge is 0.242 e. The van der Waals surface area contributed by atoms with Gasteiger partial charge in [0.25, 0.3) is 0 Å². The van der Waals surface area contributed by atoms with Crippen LogP contribution in [-0.4, -0.2) is 4.98 Å². The summed E-state index contributed by atoms with van der Waals surface area (Å²) in [7, 11) is 0. The van der Waals surface area contributed by atoms with E-state index >= 15 is 0 Å². The molecular formula is C13H18N2. The van der Waals surface area contributed by atoms with Crippen LogP contribution in [0.25, 0.3) is 0 Å². The van der Waals surface area contributed by atoms with Gasteiger partial charge in [0, 0.05) is 11.6 Å². The molecule has 0 aliphatic heterocycles. The van der Waals surface area contributed by atoms with E-state index in [0.717, 1.165) is 5.69 Å². The Kier molecular flexibility index (Phi) is 3.85. The van der Waals surface area contributed by atoms with Crippen molar-refractivity contribution >= 4 is 0 Å². The van der Waals surface area contributed by atoms with Gasteiger partial charge in [0.2, 0.25) is 0 Å². The van der Waals surface area contributed by atoms with Crippen molar-refractivity contribution in [2.75, 3.05) is 0 Å². The molecule has 1 rings (SSSR count). The number of hydrogen-bond acceptors (Lipinski definition) is 2. The summed E-state index contributed by atoms with van der Waals surface area (Å²) in [6.45, 7) is 8.80. The third kappa shape index (κ3) is 2.79. The third-order valence-corrected chi connectivity index (χ3v) is 2.66. The van der Waals surface area contributed by atoms with Crippen LogP contribution in [-0.2, 0) is 0 Å². The molecule has 15 heavy (non-hydrogen) atoms. The van der Waals surface area contributed by atoms with Crippen molar-refractivity contribution in [2.24, 2.45) is 11.8 Å². The highest BCUT2D eigenvalue weighted by molar-refractivity contribution is 5.24. The lowest BCUT2D eigenvalue weighted by Gasteiger charge is -2.24. The van der Waals surface area contributed by atoms with Crippen molar-refractivity contribution in [1.82, 2.24) is 4.98 Å². The molecule has 0 aliphatic rings. The first-order chi connectivity index (χ1) is 7.06. The second-order valence-electron chi connectivity index (χ2n) is 4.57. The molecule has 0 atom stereocenters. The number of rotatable bonds is 3. The summed E-state index contributed by atoms with van der Waals surface area (Å²) in [4.78, 5) is 4.37. The average Bonchev–Trinajstić information content (AvgIpc) is 2.17. The molecule has 0 N–H and O–H groups in total. The second-order valence-corrected chi connectivity index (χ2v) is 4.57. The molecule has 0 bridgehead atoms. The Morgan fingerprint density at radius 2 is 1.73 bits per heavy atom. The minimum atomic E-state index is 0.429. The molecule has 0 aliphatic carbocycles. The van der Waals surface area contributed by atoms with Gasteiger partial charge in [-0.15, -0.1) is 0 Å². The van der Waals surface area contributed by atoms with Gasteiger partial charge in [0.05, 0.1) is 0 Å². The number of nitriles is 1. The Morgan fingerprint density at radius 1 is 1.13 bits per heavy atom. The highest BCUT2D eigenvalue weighted by Gasteiger charge is 2.20. The molecule has 0 radical (unpaired) electrons. The van der Waals surface area contributed by atoms with Crippen LogP contribution >= 0.6 is 0 Å². The Balaban J connectivity index is 3.07. The lowest BCUT2D eigenvalue weighted by Crippen LogP contribution is -2.15. The molecule has 1 heterocycles. The van der Waals surface area contributed by atoms with Gasteiger partial charge in [-0.2, -0.15) is 5.26 Å². The molecule has 0 fully saturated rings. The summed E-state index contributed by atoms with van der Waals surface area (Å²) in [5.41, 5.74) is 1.55. The number of pyridine rings is 1. The highest BCUT2D eigenvalue weighted by atomic mass is 14.7. The van der Waals surface area contributed by atoms with E-state index in [9.17, 15) is 0 Å². The Bertz CT molecular complexity index is 353. The lowest BCUT2D eigenvalue weighted by molar-refractivity contribution is 0.380. The van der Waals surface area contributed by atoms with Gasteiger partial charge in [-0.25, -0.2) is 4.98 Å². The quantitative estimate of drug-likeness (QED) is 0.753. The average molecular weight is 202 g/mol. The fraction of sp³-hybridized carbons (Fsp3) is 0.538. The van der Waals surface area contributed by atoms with E-state index < -0.39 is 0 Å². The Hall–Kier alpha value is -1.36. The Morgan fingerprint density at radius 3 is 2.20 bits per heavy atom. The predicted molar refractivity (Wildman–Crippen MR) is 61.4 cm³/mol. The van der Waals surface area contributed by atoms with Crippen LogP contribution < -0.4 is 0 Å². The van der Waals surface area contributed by atoms with E-state index in [1.165, 1.54) is 0 Å². The zero-order valence-electron chi connectivity index (χ0n) is 9.86. The first-order valence-electron chi connectivity index (χ1n) is 5.43. The van der Waals surface area contributed by atoms with Crippen molar-refractivity contribution in [3.05, 3.63) is 29.6 Å². The molecule has 0 saturated heterocycles. The molecule has 2 nitrogen and oxygen atoms in total. The van der Waals surface area contributed by atoms with Crippen LogP contribution in [0.3, 0.4) is 0 Å². The maximum atomic E-state index is 8.81. The standard InChI is InChI=1S/C13H18N2/c1-9(2)13(10(3)4)12-7-5-6-11(8-14)15-12/h5-7,9-10,13H,1-4H3. The first-order valence-corrected chi connectivity index (χ1v) is 5.43. The lowest BCUT2D eigenvalue weighted by atomic mass is 9.83. The molecule has 2 heteroatoms. The van der Waals surface area contributed by atoms with Crippen molar-refractivity contribution < 1.29 is 0 Å². The van der Waals surface area contributed by atoms with Crippen LogP contribution in [0.4, 0.5) is 0 Å². The van der Waals surface area contributed by atoms with E-state index in [1.807, 2.05) is 12.1 Å². The number of aromatic nitrogens is 1. The van der Waals surface area contributed by atoms with Crippen molar-refractivity contribution in [1.29, 1.82) is 5.26 Å². The predicted octanol–water partition coefficient (Wildman–Crippen LogP) is 3.35. The summed E-state index contributed by atoms with van der Waals surface area (Å²) in [6.07, 6.45) is 0. The van der Waals surface area contributed by atoms with Gasteiger partial charge in [-0.3, -0.25) is 0 Å². The van der Waals surface area contributed by atoms with Gasteiger partial charge < -0.3 is 0 Å². The molecule has 80 valence electrons. The summed E-state index contributed by atoms with van der Waals surface area (Å²) >= 11 is 0. The fourth-order valence-corrected chi connectivity index (χ4v) is 2.15. The van der Waals surface area contributed by atoms with Crippen LogP contribution in [0.15, 0.2) is 18.2 Å². The fourth-order valence-electron chi connectivity index (χ4n) is 2.15. The number of nitrogens with zero attached hydrogens (tertiary/aromatic N) is 2. The van der Waals surface area contributed by atoms with Gasteiger partial charge in [0.1, 0.15) is 11.8 Å². The molecule has 0 amide bonds. The van der Waals surface area contributed by atoms with Crippen LogP contribution in [0.2, 0.25) is 0 Å². The van der Waals surface area contributed by atoms with E-state index in [0.29, 0.717) is 23.4 Å². The summed E-state index contributed by atoms with van der Waals surface area (Å²) in [5.74, 6) is 1.52. The highest BCUT2D eigenvalue weighted by Crippen LogP contribution is 2.30. The SMILES string of the molecule is CC(C)C(c1cccc(C#N)n1)C(C)C. The molecule has 0 unspecified atom stereocenters. The summed E-state index contributed by atoms with van der Waals surface area (Å²) in [5, 5.41) is 8.81. The molecule has 1 aromatic heterocycles. The summed E-state index contributed by atoms with van der Waals surface area (Å²) in [6, 6.07) is 7.77. The monoisotopic (exact) mass is 202 g/mol. The van der Waals surface area contributed by atoms with Crippen LogP contribution in [0.1, 0.15) is 45.0 Å². The second kappa shape index (κ2) is 4.93. The van der Waals surface area contributed by atoms with Crippen molar-refractivity contribution in [3.8, 4) is 6.07 Å². The van der Waals surface area contributed by atoms with E-state index in [2.05, 4.69) is 38.7 Å².